The van der Waals surface area contributed by atoms with Crippen molar-refractivity contribution in [1.82, 2.24) is 15.2 Å². The lowest BCUT2D eigenvalue weighted by atomic mass is 9.95. The molecule has 3 aliphatic heterocycles. The number of carbonyl (C=O) groups excluding carboxylic acids is 2. The van der Waals surface area contributed by atoms with Crippen LogP contribution in [0.1, 0.15) is 30.3 Å². The molecule has 160 valence electrons. The molecule has 1 unspecified atom stereocenters. The van der Waals surface area contributed by atoms with Crippen molar-refractivity contribution in [3.05, 3.63) is 47.3 Å². The number of aliphatic imine (C=N–C) groups is 2. The van der Waals surface area contributed by atoms with Crippen LogP contribution in [0.4, 0.5) is 0 Å². The summed E-state index contributed by atoms with van der Waals surface area (Å²) in [6, 6.07) is 3.53. The summed E-state index contributed by atoms with van der Waals surface area (Å²) in [5.74, 6) is 0.734. The number of ether oxygens (including phenoxy) is 1. The Bertz CT molecular complexity index is 1040. The standard InChI is InChI=1S/C23H25N5O3/c1-13-21(31-16-5-6-18(26-10-16)23(30)24-2)12-28(13)11-14-7-20-19(25-9-14)8-17(15-3-4-15)22(29)27-20/h5-10,13,15,19,21H,3-4,11-12H2,1-2H3,(H,24,30)/t13-,19?,21+/m1/s1. The number of hydrogen-bond donors (Lipinski definition) is 1. The van der Waals surface area contributed by atoms with Crippen LogP contribution in [-0.2, 0) is 4.79 Å². The Hall–Kier alpha value is -3.13. The van der Waals surface area contributed by atoms with Gasteiger partial charge in [-0.05, 0) is 55.5 Å². The van der Waals surface area contributed by atoms with Gasteiger partial charge >= 0.3 is 0 Å². The zero-order chi connectivity index (χ0) is 21.5. The van der Waals surface area contributed by atoms with Crippen LogP contribution in [-0.4, -0.2) is 71.9 Å². The summed E-state index contributed by atoms with van der Waals surface area (Å²) in [5.41, 5.74) is 3.00. The van der Waals surface area contributed by atoms with E-state index in [9.17, 15) is 9.59 Å². The molecule has 0 aromatic carbocycles. The third-order valence-electron chi connectivity index (χ3n) is 6.27. The van der Waals surface area contributed by atoms with E-state index >= 15 is 0 Å². The largest absolute Gasteiger partial charge is 0.486 e. The number of hydrogen-bond acceptors (Lipinski definition) is 6. The molecule has 4 heterocycles. The number of nitrogens with zero attached hydrogens (tertiary/aromatic N) is 4. The first-order valence-electron chi connectivity index (χ1n) is 10.7. The number of nitrogens with one attached hydrogen (secondary N) is 1. The van der Waals surface area contributed by atoms with Crippen molar-refractivity contribution in [2.75, 3.05) is 20.1 Å². The van der Waals surface area contributed by atoms with Crippen LogP contribution in [0.25, 0.3) is 0 Å². The minimum atomic E-state index is -0.220. The first-order valence-corrected chi connectivity index (χ1v) is 10.7. The Kier molecular flexibility index (Phi) is 5.02. The second kappa shape index (κ2) is 7.85. The van der Waals surface area contributed by atoms with Gasteiger partial charge in [0.2, 0.25) is 0 Å². The van der Waals surface area contributed by atoms with Crippen molar-refractivity contribution in [2.24, 2.45) is 15.9 Å². The minimum Gasteiger partial charge on any atom is -0.486 e. The van der Waals surface area contributed by atoms with Crippen LogP contribution in [0.5, 0.6) is 5.75 Å². The highest BCUT2D eigenvalue weighted by atomic mass is 16.5. The number of rotatable bonds is 6. The molecule has 4 aliphatic rings. The lowest BCUT2D eigenvalue weighted by Gasteiger charge is -2.46. The number of fused-ring (bicyclic) bond motifs is 1. The van der Waals surface area contributed by atoms with Crippen molar-refractivity contribution in [1.29, 1.82) is 0 Å². The van der Waals surface area contributed by atoms with Crippen molar-refractivity contribution in [2.45, 2.75) is 38.0 Å². The number of aromatic nitrogens is 1. The molecule has 1 aromatic heterocycles. The third-order valence-corrected chi connectivity index (χ3v) is 6.27. The van der Waals surface area contributed by atoms with Gasteiger partial charge in [0.1, 0.15) is 23.6 Å². The van der Waals surface area contributed by atoms with Gasteiger partial charge in [-0.15, -0.1) is 0 Å². The van der Waals surface area contributed by atoms with Gasteiger partial charge in [-0.1, -0.05) is 0 Å². The molecule has 1 saturated carbocycles. The maximum absolute atomic E-state index is 12.3. The highest BCUT2D eigenvalue weighted by Crippen LogP contribution is 2.39. The van der Waals surface area contributed by atoms with Crippen LogP contribution in [0, 0.1) is 5.92 Å². The number of carbonyl (C=O) groups is 2. The van der Waals surface area contributed by atoms with Gasteiger partial charge in [-0.2, -0.15) is 0 Å². The Morgan fingerprint density at radius 3 is 2.84 bits per heavy atom. The second-order valence-corrected chi connectivity index (χ2v) is 8.46. The molecule has 0 spiro atoms. The van der Waals surface area contributed by atoms with E-state index in [4.69, 9.17) is 4.74 Å². The quantitative estimate of drug-likeness (QED) is 0.755. The van der Waals surface area contributed by atoms with E-state index in [1.165, 1.54) is 0 Å². The smallest absolute Gasteiger partial charge is 0.273 e. The van der Waals surface area contributed by atoms with E-state index in [0.717, 1.165) is 42.8 Å². The number of dihydropyridines is 2. The third kappa shape index (κ3) is 3.95. The number of amides is 2. The lowest BCUT2D eigenvalue weighted by molar-refractivity contribution is -0.114. The van der Waals surface area contributed by atoms with Gasteiger partial charge in [0.15, 0.2) is 0 Å². The second-order valence-electron chi connectivity index (χ2n) is 8.46. The van der Waals surface area contributed by atoms with E-state index < -0.39 is 0 Å². The molecule has 8 nitrogen and oxygen atoms in total. The summed E-state index contributed by atoms with van der Waals surface area (Å²) in [6.45, 7) is 3.64. The van der Waals surface area contributed by atoms with Gasteiger partial charge in [0.05, 0.1) is 11.9 Å². The van der Waals surface area contributed by atoms with Gasteiger partial charge in [-0.3, -0.25) is 19.5 Å². The number of likely N-dealkylation sites (tertiary alicyclic amines) is 1. The fourth-order valence-corrected chi connectivity index (χ4v) is 4.12. The van der Waals surface area contributed by atoms with Gasteiger partial charge < -0.3 is 10.1 Å². The molecule has 2 amide bonds. The molecule has 1 aliphatic carbocycles. The lowest BCUT2D eigenvalue weighted by Crippen LogP contribution is -2.61. The molecule has 5 rings (SSSR count). The molecule has 1 N–H and O–H groups in total. The molecule has 0 radical (unpaired) electrons. The molecule has 1 aromatic rings. The van der Waals surface area contributed by atoms with Crippen LogP contribution in [0.15, 0.2) is 51.6 Å². The normalized spacial score (nSPS) is 27.5. The Labute approximate surface area is 180 Å². The molecule has 1 saturated heterocycles. The first kappa shape index (κ1) is 19.8. The molecular weight excluding hydrogens is 394 g/mol. The predicted molar refractivity (Wildman–Crippen MR) is 117 cm³/mol. The minimum absolute atomic E-state index is 0.0548. The summed E-state index contributed by atoms with van der Waals surface area (Å²) in [7, 11) is 1.58. The average molecular weight is 419 g/mol. The summed E-state index contributed by atoms with van der Waals surface area (Å²) in [6.07, 6.45) is 9.71. The fraction of sp³-hybridized carbons (Fsp3) is 0.435. The molecule has 3 atom stereocenters. The molecule has 8 heteroatoms. The van der Waals surface area contributed by atoms with Gasteiger partial charge in [0, 0.05) is 38.0 Å². The van der Waals surface area contributed by atoms with E-state index in [1.807, 2.05) is 18.4 Å². The van der Waals surface area contributed by atoms with Gasteiger partial charge in [-0.25, -0.2) is 9.98 Å². The van der Waals surface area contributed by atoms with Crippen LogP contribution in [0.2, 0.25) is 0 Å². The van der Waals surface area contributed by atoms with Crippen molar-refractivity contribution < 1.29 is 14.3 Å². The number of pyridine rings is 1. The SMILES string of the molecule is CNC(=O)c1ccc(O[C@H]2CN(CC3=CC4=NC(=O)C(C5CC5)=CC4N=C3)[C@@H]2C)cn1. The molecule has 2 fully saturated rings. The molecular formula is C23H25N5O3. The fourth-order valence-electron chi connectivity index (χ4n) is 4.12. The molecule has 31 heavy (non-hydrogen) atoms. The highest BCUT2D eigenvalue weighted by molar-refractivity contribution is 6.17. The predicted octanol–water partition coefficient (Wildman–Crippen LogP) is 1.59. The van der Waals surface area contributed by atoms with E-state index in [-0.39, 0.29) is 30.0 Å². The van der Waals surface area contributed by atoms with E-state index in [1.54, 1.807) is 25.4 Å². The Balaban J connectivity index is 1.16. The average Bonchev–Trinajstić information content (AvgIpc) is 3.62. The van der Waals surface area contributed by atoms with Crippen LogP contribution in [0.3, 0.4) is 0 Å². The Morgan fingerprint density at radius 2 is 2.16 bits per heavy atom. The van der Waals surface area contributed by atoms with Crippen LogP contribution >= 0.6 is 0 Å². The van der Waals surface area contributed by atoms with Crippen molar-refractivity contribution in [3.63, 3.8) is 0 Å². The maximum Gasteiger partial charge on any atom is 0.273 e. The summed E-state index contributed by atoms with van der Waals surface area (Å²) < 4.78 is 6.03. The van der Waals surface area contributed by atoms with E-state index in [2.05, 4.69) is 32.1 Å². The van der Waals surface area contributed by atoms with Crippen molar-refractivity contribution >= 4 is 23.7 Å². The summed E-state index contributed by atoms with van der Waals surface area (Å²) in [4.78, 5) is 39.2. The zero-order valence-corrected chi connectivity index (χ0v) is 17.6. The van der Waals surface area contributed by atoms with Crippen molar-refractivity contribution in [3.8, 4) is 5.75 Å². The zero-order valence-electron chi connectivity index (χ0n) is 17.6. The highest BCUT2D eigenvalue weighted by Gasteiger charge is 2.38. The Morgan fingerprint density at radius 1 is 1.32 bits per heavy atom. The van der Waals surface area contributed by atoms with E-state index in [0.29, 0.717) is 17.4 Å². The maximum atomic E-state index is 12.3. The topological polar surface area (TPSA) is 96.2 Å². The first-order chi connectivity index (χ1) is 15.0. The summed E-state index contributed by atoms with van der Waals surface area (Å²) >= 11 is 0. The summed E-state index contributed by atoms with van der Waals surface area (Å²) in [5, 5.41) is 2.55. The molecule has 0 bridgehead atoms. The van der Waals surface area contributed by atoms with Gasteiger partial charge in [0.25, 0.3) is 11.8 Å². The van der Waals surface area contributed by atoms with Crippen LogP contribution < -0.4 is 10.1 Å². The monoisotopic (exact) mass is 419 g/mol.